The molecule has 0 amide bonds. The number of nitrogens with zero attached hydrogens (tertiary/aromatic N) is 1. The first-order valence-corrected chi connectivity index (χ1v) is 4.57. The summed E-state index contributed by atoms with van der Waals surface area (Å²) in [5.41, 5.74) is -0.157. The number of rotatable bonds is 3. The summed E-state index contributed by atoms with van der Waals surface area (Å²) < 4.78 is 12.5. The van der Waals surface area contributed by atoms with Crippen LogP contribution in [0.15, 0.2) is 0 Å². The van der Waals surface area contributed by atoms with Crippen molar-refractivity contribution < 1.29 is 4.39 Å². The Bertz CT molecular complexity index is 170. The molecular weight excluding hydrogens is 157 g/mol. The second kappa shape index (κ2) is 2.94. The van der Waals surface area contributed by atoms with Gasteiger partial charge in [-0.15, -0.1) is 0 Å². The van der Waals surface area contributed by atoms with Gasteiger partial charge < -0.3 is 5.32 Å². The third-order valence-electron chi connectivity index (χ3n) is 2.84. The normalized spacial score (nSPS) is 34.0. The van der Waals surface area contributed by atoms with Gasteiger partial charge in [-0.3, -0.25) is 5.84 Å². The molecule has 1 heterocycles. The Morgan fingerprint density at radius 2 is 2.33 bits per heavy atom. The van der Waals surface area contributed by atoms with Gasteiger partial charge >= 0.3 is 0 Å². The number of nitrogens with two attached hydrogens (primary N) is 1. The molecule has 3 nitrogen and oxygen atoms in total. The highest BCUT2D eigenvalue weighted by Gasteiger charge is 2.44. The van der Waals surface area contributed by atoms with Crippen molar-refractivity contribution in [2.75, 3.05) is 19.8 Å². The van der Waals surface area contributed by atoms with E-state index >= 15 is 0 Å². The quantitative estimate of drug-likeness (QED) is 0.591. The SMILES string of the molecule is NN1CCC(NC2(CF)CC2)C1. The van der Waals surface area contributed by atoms with Crippen LogP contribution in [-0.4, -0.2) is 36.4 Å². The smallest absolute Gasteiger partial charge is 0.108 e. The summed E-state index contributed by atoms with van der Waals surface area (Å²) in [6.45, 7) is 1.57. The third kappa shape index (κ3) is 1.60. The maximum Gasteiger partial charge on any atom is 0.108 e. The molecule has 70 valence electrons. The van der Waals surface area contributed by atoms with E-state index in [9.17, 15) is 4.39 Å². The minimum atomic E-state index is -0.228. The number of nitrogens with one attached hydrogen (secondary N) is 1. The van der Waals surface area contributed by atoms with E-state index < -0.39 is 0 Å². The Kier molecular flexibility index (Phi) is 2.06. The van der Waals surface area contributed by atoms with E-state index in [-0.39, 0.29) is 12.2 Å². The molecule has 3 N–H and O–H groups in total. The molecular formula is C8H16FN3. The van der Waals surface area contributed by atoms with E-state index in [1.54, 1.807) is 5.01 Å². The summed E-state index contributed by atoms with van der Waals surface area (Å²) in [6, 6.07) is 0.410. The number of alkyl halides is 1. The molecule has 0 spiro atoms. The highest BCUT2D eigenvalue weighted by molar-refractivity contribution is 5.04. The largest absolute Gasteiger partial charge is 0.305 e. The van der Waals surface area contributed by atoms with Gasteiger partial charge in [0.2, 0.25) is 0 Å². The van der Waals surface area contributed by atoms with E-state index in [1.165, 1.54) is 0 Å². The van der Waals surface area contributed by atoms with Gasteiger partial charge in [-0.2, -0.15) is 0 Å². The predicted octanol–water partition coefficient (Wildman–Crippen LogP) is 0.0261. The van der Waals surface area contributed by atoms with E-state index in [0.29, 0.717) is 6.04 Å². The molecule has 1 saturated carbocycles. The zero-order chi connectivity index (χ0) is 8.60. The molecule has 0 bridgehead atoms. The van der Waals surface area contributed by atoms with E-state index in [4.69, 9.17) is 5.84 Å². The van der Waals surface area contributed by atoms with Gasteiger partial charge in [0, 0.05) is 24.7 Å². The number of halogens is 1. The number of hydrazine groups is 1. The summed E-state index contributed by atoms with van der Waals surface area (Å²) in [5.74, 6) is 5.61. The Morgan fingerprint density at radius 1 is 1.58 bits per heavy atom. The van der Waals surface area contributed by atoms with Crippen LogP contribution < -0.4 is 11.2 Å². The highest BCUT2D eigenvalue weighted by atomic mass is 19.1. The third-order valence-corrected chi connectivity index (χ3v) is 2.84. The van der Waals surface area contributed by atoms with Crippen LogP contribution in [0.5, 0.6) is 0 Å². The highest BCUT2D eigenvalue weighted by Crippen LogP contribution is 2.36. The van der Waals surface area contributed by atoms with Crippen LogP contribution in [-0.2, 0) is 0 Å². The fourth-order valence-electron chi connectivity index (χ4n) is 1.81. The van der Waals surface area contributed by atoms with E-state index in [0.717, 1.165) is 32.4 Å². The summed E-state index contributed by atoms with van der Waals surface area (Å²) in [6.07, 6.45) is 3.04. The first-order chi connectivity index (χ1) is 5.74. The van der Waals surface area contributed by atoms with Crippen LogP contribution in [0.1, 0.15) is 19.3 Å². The van der Waals surface area contributed by atoms with Crippen molar-refractivity contribution in [1.82, 2.24) is 10.3 Å². The lowest BCUT2D eigenvalue weighted by Crippen LogP contribution is -2.43. The van der Waals surface area contributed by atoms with E-state index in [2.05, 4.69) is 5.32 Å². The molecule has 1 unspecified atom stereocenters. The Hall–Kier alpha value is -0.190. The van der Waals surface area contributed by atoms with Crippen LogP contribution in [0.3, 0.4) is 0 Å². The minimum absolute atomic E-state index is 0.157. The number of hydrogen-bond donors (Lipinski definition) is 2. The Balaban J connectivity index is 1.80. The lowest BCUT2D eigenvalue weighted by atomic mass is 10.2. The molecule has 2 rings (SSSR count). The monoisotopic (exact) mass is 173 g/mol. The maximum absolute atomic E-state index is 12.5. The molecule has 1 aliphatic carbocycles. The Labute approximate surface area is 72.1 Å². The van der Waals surface area contributed by atoms with Crippen molar-refractivity contribution in [2.24, 2.45) is 5.84 Å². The number of hydrogen-bond acceptors (Lipinski definition) is 3. The van der Waals surface area contributed by atoms with Crippen molar-refractivity contribution in [1.29, 1.82) is 0 Å². The molecule has 2 aliphatic rings. The molecule has 2 fully saturated rings. The lowest BCUT2D eigenvalue weighted by Gasteiger charge is -2.19. The van der Waals surface area contributed by atoms with Gasteiger partial charge in [0.1, 0.15) is 6.67 Å². The summed E-state index contributed by atoms with van der Waals surface area (Å²) in [7, 11) is 0. The molecule has 12 heavy (non-hydrogen) atoms. The van der Waals surface area contributed by atoms with Gasteiger partial charge in [0.25, 0.3) is 0 Å². The molecule has 1 saturated heterocycles. The summed E-state index contributed by atoms with van der Waals surface area (Å²) in [5, 5.41) is 5.15. The van der Waals surface area contributed by atoms with Gasteiger partial charge in [-0.05, 0) is 19.3 Å². The molecule has 1 aliphatic heterocycles. The fraction of sp³-hybridized carbons (Fsp3) is 1.00. The zero-order valence-corrected chi connectivity index (χ0v) is 7.22. The first kappa shape index (κ1) is 8.41. The molecule has 0 aromatic carbocycles. The fourth-order valence-corrected chi connectivity index (χ4v) is 1.81. The lowest BCUT2D eigenvalue weighted by molar-refractivity contribution is 0.304. The van der Waals surface area contributed by atoms with Crippen molar-refractivity contribution in [3.8, 4) is 0 Å². The van der Waals surface area contributed by atoms with E-state index in [1.807, 2.05) is 0 Å². The van der Waals surface area contributed by atoms with Gasteiger partial charge in [-0.1, -0.05) is 0 Å². The topological polar surface area (TPSA) is 41.3 Å². The van der Waals surface area contributed by atoms with Crippen molar-refractivity contribution in [2.45, 2.75) is 30.8 Å². The zero-order valence-electron chi connectivity index (χ0n) is 7.22. The Morgan fingerprint density at radius 3 is 2.75 bits per heavy atom. The predicted molar refractivity (Wildman–Crippen MR) is 45.2 cm³/mol. The van der Waals surface area contributed by atoms with Gasteiger partial charge in [0.05, 0.1) is 0 Å². The standard InChI is InChI=1S/C8H16FN3/c9-6-8(2-3-8)11-7-1-4-12(10)5-7/h7,11H,1-6,10H2. The minimum Gasteiger partial charge on any atom is -0.305 e. The van der Waals surface area contributed by atoms with Crippen LogP contribution in [0.2, 0.25) is 0 Å². The van der Waals surface area contributed by atoms with Crippen molar-refractivity contribution in [3.63, 3.8) is 0 Å². The second-order valence-corrected chi connectivity index (χ2v) is 4.04. The first-order valence-electron chi connectivity index (χ1n) is 4.57. The molecule has 0 radical (unpaired) electrons. The van der Waals surface area contributed by atoms with Crippen molar-refractivity contribution >= 4 is 0 Å². The molecule has 4 heteroatoms. The van der Waals surface area contributed by atoms with Crippen LogP contribution in [0.4, 0.5) is 4.39 Å². The van der Waals surface area contributed by atoms with Gasteiger partial charge in [-0.25, -0.2) is 9.40 Å². The van der Waals surface area contributed by atoms with Crippen molar-refractivity contribution in [3.05, 3.63) is 0 Å². The van der Waals surface area contributed by atoms with Gasteiger partial charge in [0.15, 0.2) is 0 Å². The van der Waals surface area contributed by atoms with Crippen LogP contribution in [0.25, 0.3) is 0 Å². The van der Waals surface area contributed by atoms with Crippen LogP contribution >= 0.6 is 0 Å². The average molecular weight is 173 g/mol. The molecule has 1 atom stereocenters. The summed E-state index contributed by atoms with van der Waals surface area (Å²) >= 11 is 0. The summed E-state index contributed by atoms with van der Waals surface area (Å²) in [4.78, 5) is 0. The second-order valence-electron chi connectivity index (χ2n) is 4.04. The molecule has 0 aromatic rings. The van der Waals surface area contributed by atoms with Crippen LogP contribution in [0, 0.1) is 0 Å². The molecule has 0 aromatic heterocycles. The average Bonchev–Trinajstić information content (AvgIpc) is 2.71. The maximum atomic E-state index is 12.5.